The van der Waals surface area contributed by atoms with E-state index in [1.165, 1.54) is 5.56 Å². The number of hydrogen-bond acceptors (Lipinski definition) is 3. The van der Waals surface area contributed by atoms with E-state index in [0.717, 1.165) is 21.7 Å². The lowest BCUT2D eigenvalue weighted by Gasteiger charge is -2.17. The minimum atomic E-state index is -0.107. The van der Waals surface area contributed by atoms with Crippen molar-refractivity contribution < 1.29 is 0 Å². The summed E-state index contributed by atoms with van der Waals surface area (Å²) in [6, 6.07) is 4.05. The number of rotatable bonds is 0. The van der Waals surface area contributed by atoms with Gasteiger partial charge in [-0.2, -0.15) is 0 Å². The summed E-state index contributed by atoms with van der Waals surface area (Å²) in [6.45, 7) is 4.23. The molecule has 0 saturated carbocycles. The second-order valence-electron chi connectivity index (χ2n) is 4.31. The van der Waals surface area contributed by atoms with E-state index >= 15 is 0 Å². The van der Waals surface area contributed by atoms with Crippen molar-refractivity contribution in [3.05, 3.63) is 17.7 Å². The molecule has 15 heavy (non-hydrogen) atoms. The predicted molar refractivity (Wildman–Crippen MR) is 63.1 cm³/mol. The molecule has 1 aromatic heterocycles. The van der Waals surface area contributed by atoms with Crippen molar-refractivity contribution in [2.75, 3.05) is 5.32 Å². The van der Waals surface area contributed by atoms with Crippen molar-refractivity contribution in [2.24, 2.45) is 0 Å². The number of benzene rings is 1. The van der Waals surface area contributed by atoms with Gasteiger partial charge < -0.3 is 5.32 Å². The zero-order valence-electron chi connectivity index (χ0n) is 8.46. The molecule has 0 aliphatic carbocycles. The Hall–Kier alpha value is -1.49. The van der Waals surface area contributed by atoms with Crippen LogP contribution in [0.2, 0.25) is 0 Å². The zero-order chi connectivity index (χ0) is 10.6. The van der Waals surface area contributed by atoms with Crippen molar-refractivity contribution in [1.82, 2.24) is 15.4 Å². The molecule has 1 aliphatic heterocycles. The first-order valence-electron chi connectivity index (χ1n) is 4.76. The molecule has 5 heteroatoms. The molecule has 0 spiro atoms. The van der Waals surface area contributed by atoms with Crippen molar-refractivity contribution >= 4 is 33.9 Å². The van der Waals surface area contributed by atoms with Crippen LogP contribution in [0.15, 0.2) is 12.1 Å². The fourth-order valence-electron chi connectivity index (χ4n) is 1.91. The van der Waals surface area contributed by atoms with Gasteiger partial charge in [0.25, 0.3) is 0 Å². The molecule has 3 rings (SSSR count). The van der Waals surface area contributed by atoms with Gasteiger partial charge in [0.15, 0.2) is 0 Å². The Morgan fingerprint density at radius 1 is 1.33 bits per heavy atom. The molecule has 2 heterocycles. The van der Waals surface area contributed by atoms with Crippen LogP contribution in [-0.2, 0) is 5.41 Å². The van der Waals surface area contributed by atoms with Gasteiger partial charge in [0.2, 0.25) is 0 Å². The summed E-state index contributed by atoms with van der Waals surface area (Å²) in [5, 5.41) is 13.8. The van der Waals surface area contributed by atoms with Crippen molar-refractivity contribution in [3.8, 4) is 0 Å². The summed E-state index contributed by atoms with van der Waals surface area (Å²) < 4.78 is 0. The van der Waals surface area contributed by atoms with E-state index in [1.54, 1.807) is 0 Å². The van der Waals surface area contributed by atoms with Crippen LogP contribution in [0, 0.1) is 0 Å². The van der Waals surface area contributed by atoms with Gasteiger partial charge in [-0.25, -0.2) is 0 Å². The van der Waals surface area contributed by atoms with Crippen LogP contribution >= 0.6 is 12.2 Å². The van der Waals surface area contributed by atoms with Gasteiger partial charge in [-0.15, -0.1) is 5.10 Å². The van der Waals surface area contributed by atoms with Gasteiger partial charge in [-0.1, -0.05) is 17.4 Å². The molecule has 0 saturated heterocycles. The van der Waals surface area contributed by atoms with Crippen molar-refractivity contribution in [3.63, 3.8) is 0 Å². The highest BCUT2D eigenvalue weighted by molar-refractivity contribution is 7.80. The molecule has 0 amide bonds. The Bertz CT molecular complexity index is 570. The Labute approximate surface area is 92.1 Å². The summed E-state index contributed by atoms with van der Waals surface area (Å²) in [4.78, 5) is 0.859. The number of thiocarbonyl (C=S) groups is 1. The molecular weight excluding hydrogens is 208 g/mol. The SMILES string of the molecule is CC1(C)C(=S)Nc2cc3nn[nH]c3cc21. The van der Waals surface area contributed by atoms with Crippen molar-refractivity contribution in [1.29, 1.82) is 0 Å². The molecule has 0 fully saturated rings. The van der Waals surface area contributed by atoms with Crippen LogP contribution in [0.4, 0.5) is 5.69 Å². The van der Waals surface area contributed by atoms with Crippen LogP contribution < -0.4 is 5.32 Å². The molecule has 0 bridgehead atoms. The summed E-state index contributed by atoms with van der Waals surface area (Å²) in [7, 11) is 0. The molecule has 1 aliphatic rings. The fourth-order valence-corrected chi connectivity index (χ4v) is 2.13. The molecule has 0 unspecified atom stereocenters. The van der Waals surface area contributed by atoms with E-state index in [9.17, 15) is 0 Å². The Morgan fingerprint density at radius 2 is 2.13 bits per heavy atom. The maximum atomic E-state index is 5.32. The third-order valence-corrected chi connectivity index (χ3v) is 3.57. The highest BCUT2D eigenvalue weighted by atomic mass is 32.1. The van der Waals surface area contributed by atoms with E-state index in [0.29, 0.717) is 0 Å². The minimum Gasteiger partial charge on any atom is -0.349 e. The van der Waals surface area contributed by atoms with Gasteiger partial charge in [0.1, 0.15) is 5.52 Å². The molecule has 0 atom stereocenters. The highest BCUT2D eigenvalue weighted by Crippen LogP contribution is 2.39. The molecule has 76 valence electrons. The number of nitrogens with one attached hydrogen (secondary N) is 2. The average Bonchev–Trinajstić information content (AvgIpc) is 2.69. The summed E-state index contributed by atoms with van der Waals surface area (Å²) in [5.41, 5.74) is 3.96. The Morgan fingerprint density at radius 3 is 2.93 bits per heavy atom. The van der Waals surface area contributed by atoms with Crippen LogP contribution in [-0.4, -0.2) is 20.4 Å². The van der Waals surface area contributed by atoms with Gasteiger partial charge in [-0.05, 0) is 31.5 Å². The normalized spacial score (nSPS) is 17.9. The number of fused-ring (bicyclic) bond motifs is 2. The monoisotopic (exact) mass is 218 g/mol. The van der Waals surface area contributed by atoms with Gasteiger partial charge in [0.05, 0.1) is 10.5 Å². The topological polar surface area (TPSA) is 53.6 Å². The minimum absolute atomic E-state index is 0.107. The molecule has 2 N–H and O–H groups in total. The Balaban J connectivity index is 2.35. The lowest BCUT2D eigenvalue weighted by Crippen LogP contribution is -2.25. The van der Waals surface area contributed by atoms with Gasteiger partial charge in [-0.3, -0.25) is 5.10 Å². The first kappa shape index (κ1) is 8.79. The largest absolute Gasteiger partial charge is 0.349 e. The molecular formula is C10H10N4S. The van der Waals surface area contributed by atoms with Crippen molar-refractivity contribution in [2.45, 2.75) is 19.3 Å². The fraction of sp³-hybridized carbons (Fsp3) is 0.300. The zero-order valence-corrected chi connectivity index (χ0v) is 9.27. The molecule has 0 radical (unpaired) electrons. The van der Waals surface area contributed by atoms with E-state index in [4.69, 9.17) is 12.2 Å². The van der Waals surface area contributed by atoms with Gasteiger partial charge >= 0.3 is 0 Å². The number of H-pyrrole nitrogens is 1. The third kappa shape index (κ3) is 1.04. The maximum absolute atomic E-state index is 5.32. The lowest BCUT2D eigenvalue weighted by atomic mass is 9.86. The van der Waals surface area contributed by atoms with Crippen LogP contribution in [0.3, 0.4) is 0 Å². The number of anilines is 1. The van der Waals surface area contributed by atoms with Crippen LogP contribution in [0.5, 0.6) is 0 Å². The summed E-state index contributed by atoms with van der Waals surface area (Å²) >= 11 is 5.32. The average molecular weight is 218 g/mol. The van der Waals surface area contributed by atoms with E-state index in [1.807, 2.05) is 6.07 Å². The van der Waals surface area contributed by atoms with E-state index in [-0.39, 0.29) is 5.41 Å². The molecule has 4 nitrogen and oxygen atoms in total. The van der Waals surface area contributed by atoms with E-state index in [2.05, 4.69) is 40.6 Å². The molecule has 1 aromatic carbocycles. The lowest BCUT2D eigenvalue weighted by molar-refractivity contribution is 0.748. The first-order valence-corrected chi connectivity index (χ1v) is 5.16. The maximum Gasteiger partial charge on any atom is 0.115 e. The van der Waals surface area contributed by atoms with Crippen LogP contribution in [0.25, 0.3) is 11.0 Å². The van der Waals surface area contributed by atoms with Gasteiger partial charge in [0, 0.05) is 11.1 Å². The third-order valence-electron chi connectivity index (χ3n) is 2.95. The summed E-state index contributed by atoms with van der Waals surface area (Å²) in [5.74, 6) is 0. The number of hydrogen-bond donors (Lipinski definition) is 2. The van der Waals surface area contributed by atoms with E-state index < -0.39 is 0 Å². The number of aromatic nitrogens is 3. The highest BCUT2D eigenvalue weighted by Gasteiger charge is 2.35. The quantitative estimate of drug-likeness (QED) is 0.664. The standard InChI is InChI=1S/C10H10N4S/c1-10(2)5-3-7-8(13-14-12-7)4-6(5)11-9(10)15/h3-4H,1-2H3,(H,11,15)(H,12,13,14). The second kappa shape index (κ2) is 2.55. The number of nitrogens with zero attached hydrogens (tertiary/aromatic N) is 2. The Kier molecular flexibility index (Phi) is 1.49. The summed E-state index contributed by atoms with van der Waals surface area (Å²) in [6.07, 6.45) is 0. The smallest absolute Gasteiger partial charge is 0.115 e. The number of aromatic amines is 1. The van der Waals surface area contributed by atoms with Crippen LogP contribution in [0.1, 0.15) is 19.4 Å². The molecule has 2 aromatic rings. The first-order chi connectivity index (χ1) is 7.09. The second-order valence-corrected chi connectivity index (χ2v) is 4.71. The predicted octanol–water partition coefficient (Wildman–Crippen LogP) is 1.99.